The Morgan fingerprint density at radius 3 is 2.52 bits per heavy atom. The highest BCUT2D eigenvalue weighted by molar-refractivity contribution is 9.11. The van der Waals surface area contributed by atoms with Crippen LogP contribution in [0.15, 0.2) is 32.3 Å². The fraction of sp³-hybridized carbons (Fsp3) is 0.0833. The van der Waals surface area contributed by atoms with Crippen LogP contribution in [0.25, 0.3) is 0 Å². The van der Waals surface area contributed by atoms with E-state index in [2.05, 4.69) is 20.7 Å². The largest absolute Gasteiger partial charge is 0.478 e. The molecule has 9 heteroatoms. The molecule has 2 N–H and O–H groups in total. The molecule has 0 unspecified atom stereocenters. The molecule has 1 aromatic heterocycles. The summed E-state index contributed by atoms with van der Waals surface area (Å²) >= 11 is 4.22. The summed E-state index contributed by atoms with van der Waals surface area (Å²) in [6.07, 6.45) is 0. The second kappa shape index (κ2) is 5.74. The van der Waals surface area contributed by atoms with Crippen LogP contribution in [0, 0.1) is 12.7 Å². The number of thiophene rings is 1. The van der Waals surface area contributed by atoms with E-state index in [1.54, 1.807) is 6.92 Å². The normalized spacial score (nSPS) is 11.4. The molecule has 0 spiro atoms. The van der Waals surface area contributed by atoms with Crippen LogP contribution in [0.3, 0.4) is 0 Å². The second-order valence-electron chi connectivity index (χ2n) is 4.13. The number of nitrogens with one attached hydrogen (secondary N) is 1. The Bertz CT molecular complexity index is 797. The van der Waals surface area contributed by atoms with Crippen LogP contribution in [0.2, 0.25) is 0 Å². The number of rotatable bonds is 4. The summed E-state index contributed by atoms with van der Waals surface area (Å²) in [6, 6.07) is 4.42. The molecule has 0 radical (unpaired) electrons. The van der Waals surface area contributed by atoms with Crippen molar-refractivity contribution in [2.75, 3.05) is 4.72 Å². The predicted molar refractivity (Wildman–Crippen MR) is 80.9 cm³/mol. The van der Waals surface area contributed by atoms with Crippen LogP contribution in [0.5, 0.6) is 0 Å². The van der Waals surface area contributed by atoms with Gasteiger partial charge in [0.25, 0.3) is 10.0 Å². The van der Waals surface area contributed by atoms with Crippen molar-refractivity contribution in [1.82, 2.24) is 0 Å². The minimum atomic E-state index is -3.92. The summed E-state index contributed by atoms with van der Waals surface area (Å²) in [6.45, 7) is 1.74. The number of hydrogen-bond donors (Lipinski definition) is 2. The van der Waals surface area contributed by atoms with Crippen molar-refractivity contribution in [2.45, 2.75) is 11.1 Å². The molecule has 112 valence electrons. The summed E-state index contributed by atoms with van der Waals surface area (Å²) in [4.78, 5) is 10.7. The third-order valence-electron chi connectivity index (χ3n) is 2.56. The van der Waals surface area contributed by atoms with E-state index in [0.29, 0.717) is 3.79 Å². The van der Waals surface area contributed by atoms with Crippen LogP contribution in [-0.4, -0.2) is 19.5 Å². The quantitative estimate of drug-likeness (QED) is 0.832. The number of carboxylic acids is 1. The maximum atomic E-state index is 13.7. The highest BCUT2D eigenvalue weighted by atomic mass is 79.9. The molecule has 2 aromatic rings. The summed E-state index contributed by atoms with van der Waals surface area (Å²) in [5.41, 5.74) is 0.189. The van der Waals surface area contributed by atoms with Gasteiger partial charge in [0.1, 0.15) is 10.0 Å². The first kappa shape index (κ1) is 15.9. The standard InChI is InChI=1S/C12H9BrFNO4S2/c1-6-4-10(20-11(6)13)21(18,19)15-9-3-2-7(12(16)17)5-8(9)14/h2-5,15H,1H3,(H,16,17). The van der Waals surface area contributed by atoms with E-state index in [0.717, 1.165) is 35.1 Å². The molecule has 2 rings (SSSR count). The molecule has 0 saturated carbocycles. The van der Waals surface area contributed by atoms with Crippen molar-refractivity contribution in [2.24, 2.45) is 0 Å². The molecule has 1 aromatic carbocycles. The Balaban J connectivity index is 2.35. The number of anilines is 1. The van der Waals surface area contributed by atoms with Gasteiger partial charge >= 0.3 is 5.97 Å². The number of carboxylic acid groups (broad SMARTS) is 1. The third-order valence-corrected chi connectivity index (χ3v) is 6.54. The summed E-state index contributed by atoms with van der Waals surface area (Å²) in [5, 5.41) is 8.74. The summed E-state index contributed by atoms with van der Waals surface area (Å²) in [5.74, 6) is -2.24. The number of aryl methyl sites for hydroxylation is 1. The molecule has 0 fully saturated rings. The maximum Gasteiger partial charge on any atom is 0.335 e. The van der Waals surface area contributed by atoms with Gasteiger partial charge < -0.3 is 5.11 Å². The number of benzene rings is 1. The highest BCUT2D eigenvalue weighted by Crippen LogP contribution is 2.32. The van der Waals surface area contributed by atoms with Crippen molar-refractivity contribution in [3.63, 3.8) is 0 Å². The highest BCUT2D eigenvalue weighted by Gasteiger charge is 2.20. The van der Waals surface area contributed by atoms with Gasteiger partial charge in [-0.25, -0.2) is 17.6 Å². The van der Waals surface area contributed by atoms with Gasteiger partial charge in [-0.1, -0.05) is 0 Å². The minimum Gasteiger partial charge on any atom is -0.478 e. The Labute approximate surface area is 132 Å². The molecule has 0 aliphatic carbocycles. The second-order valence-corrected chi connectivity index (χ2v) is 8.41. The zero-order valence-corrected chi connectivity index (χ0v) is 13.8. The maximum absolute atomic E-state index is 13.7. The van der Waals surface area contributed by atoms with Crippen molar-refractivity contribution in [1.29, 1.82) is 0 Å². The fourth-order valence-electron chi connectivity index (χ4n) is 1.49. The van der Waals surface area contributed by atoms with Gasteiger partial charge in [0, 0.05) is 0 Å². The first-order valence-corrected chi connectivity index (χ1v) is 8.61. The van der Waals surface area contributed by atoms with Gasteiger partial charge in [-0.2, -0.15) is 0 Å². The topological polar surface area (TPSA) is 83.5 Å². The number of halogens is 2. The van der Waals surface area contributed by atoms with Crippen molar-refractivity contribution in [3.05, 3.63) is 45.0 Å². The van der Waals surface area contributed by atoms with Crippen LogP contribution >= 0.6 is 27.3 Å². The lowest BCUT2D eigenvalue weighted by Gasteiger charge is -2.07. The number of sulfonamides is 1. The molecule has 0 amide bonds. The van der Waals surface area contributed by atoms with E-state index >= 15 is 0 Å². The van der Waals surface area contributed by atoms with Gasteiger partial charge in [0.15, 0.2) is 0 Å². The molecule has 0 atom stereocenters. The van der Waals surface area contributed by atoms with Crippen LogP contribution in [-0.2, 0) is 10.0 Å². The lowest BCUT2D eigenvalue weighted by atomic mass is 10.2. The van der Waals surface area contributed by atoms with E-state index < -0.39 is 21.8 Å². The minimum absolute atomic E-state index is 0.0357. The van der Waals surface area contributed by atoms with Crippen LogP contribution in [0.4, 0.5) is 10.1 Å². The van der Waals surface area contributed by atoms with Gasteiger partial charge in [0.05, 0.1) is 15.0 Å². The monoisotopic (exact) mass is 393 g/mol. The first-order chi connectivity index (χ1) is 9.70. The molecular formula is C12H9BrFNO4S2. The summed E-state index contributed by atoms with van der Waals surface area (Å²) in [7, 11) is -3.92. The Morgan fingerprint density at radius 2 is 2.05 bits per heavy atom. The number of hydrogen-bond acceptors (Lipinski definition) is 4. The van der Waals surface area contributed by atoms with Crippen LogP contribution < -0.4 is 4.72 Å². The van der Waals surface area contributed by atoms with Crippen LogP contribution in [0.1, 0.15) is 15.9 Å². The SMILES string of the molecule is Cc1cc(S(=O)(=O)Nc2ccc(C(=O)O)cc2F)sc1Br. The average molecular weight is 394 g/mol. The zero-order chi connectivity index (χ0) is 15.8. The zero-order valence-electron chi connectivity index (χ0n) is 10.6. The fourth-order valence-corrected chi connectivity index (χ4v) is 4.78. The van der Waals surface area contributed by atoms with Crippen molar-refractivity contribution < 1.29 is 22.7 Å². The molecule has 0 bridgehead atoms. The predicted octanol–water partition coefficient (Wildman–Crippen LogP) is 3.46. The van der Waals surface area contributed by atoms with Gasteiger partial charge in [-0.15, -0.1) is 11.3 Å². The van der Waals surface area contributed by atoms with Gasteiger partial charge in [-0.3, -0.25) is 4.72 Å². The Hall–Kier alpha value is -1.45. The average Bonchev–Trinajstić information content (AvgIpc) is 2.72. The molecule has 0 saturated heterocycles. The molecule has 1 heterocycles. The third kappa shape index (κ3) is 3.42. The molecular weight excluding hydrogens is 385 g/mol. The lowest BCUT2D eigenvalue weighted by Crippen LogP contribution is -2.13. The smallest absolute Gasteiger partial charge is 0.335 e. The van der Waals surface area contributed by atoms with Gasteiger partial charge in [0.2, 0.25) is 0 Å². The Morgan fingerprint density at radius 1 is 1.38 bits per heavy atom. The molecule has 5 nitrogen and oxygen atoms in total. The van der Waals surface area contributed by atoms with E-state index in [-0.39, 0.29) is 15.5 Å². The molecule has 0 aliphatic heterocycles. The number of aromatic carboxylic acids is 1. The van der Waals surface area contributed by atoms with E-state index in [1.807, 2.05) is 0 Å². The van der Waals surface area contributed by atoms with E-state index in [9.17, 15) is 17.6 Å². The van der Waals surface area contributed by atoms with E-state index in [4.69, 9.17) is 5.11 Å². The molecule has 21 heavy (non-hydrogen) atoms. The van der Waals surface area contributed by atoms with Gasteiger partial charge in [-0.05, 0) is 52.7 Å². The Kier molecular flexibility index (Phi) is 4.35. The first-order valence-electron chi connectivity index (χ1n) is 5.52. The van der Waals surface area contributed by atoms with E-state index in [1.165, 1.54) is 6.07 Å². The number of carbonyl (C=O) groups is 1. The lowest BCUT2D eigenvalue weighted by molar-refractivity contribution is 0.0696. The summed E-state index contributed by atoms with van der Waals surface area (Å²) < 4.78 is 40.8. The van der Waals surface area contributed by atoms with Crippen molar-refractivity contribution in [3.8, 4) is 0 Å². The van der Waals surface area contributed by atoms with Crippen molar-refractivity contribution >= 4 is 48.9 Å². The molecule has 0 aliphatic rings.